The second-order valence-electron chi connectivity index (χ2n) is 5.72. The van der Waals surface area contributed by atoms with E-state index >= 15 is 0 Å². The van der Waals surface area contributed by atoms with Crippen molar-refractivity contribution >= 4 is 10.0 Å². The van der Waals surface area contributed by atoms with Gasteiger partial charge in [-0.3, -0.25) is 0 Å². The Balaban J connectivity index is 2.09. The van der Waals surface area contributed by atoms with Crippen molar-refractivity contribution in [3.05, 3.63) is 29.8 Å². The second-order valence-corrected chi connectivity index (χ2v) is 7.66. The molecule has 0 radical (unpaired) electrons. The number of aliphatic hydroxyl groups excluding tert-OH is 1. The molecule has 0 unspecified atom stereocenters. The van der Waals surface area contributed by atoms with Crippen molar-refractivity contribution in [3.8, 4) is 0 Å². The fourth-order valence-corrected chi connectivity index (χ4v) is 4.15. The summed E-state index contributed by atoms with van der Waals surface area (Å²) in [6.45, 7) is 3.22. The highest BCUT2D eigenvalue weighted by Crippen LogP contribution is 2.29. The van der Waals surface area contributed by atoms with Crippen molar-refractivity contribution in [2.75, 3.05) is 19.7 Å². The first-order chi connectivity index (χ1) is 10.1. The maximum Gasteiger partial charge on any atom is 0.243 e. The average molecular weight is 311 g/mol. The number of aliphatic hydroxyl groups is 1. The lowest BCUT2D eigenvalue weighted by molar-refractivity contribution is 0.250. The summed E-state index contributed by atoms with van der Waals surface area (Å²) >= 11 is 0. The molecule has 0 atom stereocenters. The molecule has 1 aliphatic rings. The molecule has 2 rings (SSSR count). The summed E-state index contributed by atoms with van der Waals surface area (Å²) in [6.07, 6.45) is 4.99. The summed E-state index contributed by atoms with van der Waals surface area (Å²) in [5.74, 6) is 0.531. The third kappa shape index (κ3) is 4.05. The molecule has 0 aliphatic heterocycles. The van der Waals surface area contributed by atoms with Crippen molar-refractivity contribution in [1.29, 1.82) is 0 Å². The van der Waals surface area contributed by atoms with Gasteiger partial charge in [-0.25, -0.2) is 8.42 Å². The molecule has 1 N–H and O–H groups in total. The lowest BCUT2D eigenvalue weighted by Crippen LogP contribution is -2.37. The fraction of sp³-hybridized carbons (Fsp3) is 0.625. The Morgan fingerprint density at radius 1 is 1.24 bits per heavy atom. The quantitative estimate of drug-likeness (QED) is 0.802. The topological polar surface area (TPSA) is 57.6 Å². The number of hydrogen-bond acceptors (Lipinski definition) is 3. The molecule has 4 nitrogen and oxygen atoms in total. The van der Waals surface area contributed by atoms with Gasteiger partial charge >= 0.3 is 0 Å². The molecule has 1 fully saturated rings. The minimum Gasteiger partial charge on any atom is -0.396 e. The number of sulfonamides is 1. The van der Waals surface area contributed by atoms with Crippen LogP contribution in [0.3, 0.4) is 0 Å². The normalized spacial score (nSPS) is 16.1. The molecule has 0 amide bonds. The number of nitrogens with zero attached hydrogens (tertiary/aromatic N) is 1. The van der Waals surface area contributed by atoms with Crippen LogP contribution in [0.2, 0.25) is 0 Å². The highest BCUT2D eigenvalue weighted by atomic mass is 32.2. The molecule has 21 heavy (non-hydrogen) atoms. The maximum atomic E-state index is 12.7. The summed E-state index contributed by atoms with van der Waals surface area (Å²) in [4.78, 5) is 0.372. The summed E-state index contributed by atoms with van der Waals surface area (Å²) in [5.41, 5.74) is 1.06. The van der Waals surface area contributed by atoms with E-state index < -0.39 is 10.0 Å². The summed E-state index contributed by atoms with van der Waals surface area (Å²) in [7, 11) is -3.38. The summed E-state index contributed by atoms with van der Waals surface area (Å²) in [5, 5.41) is 8.83. The zero-order valence-corrected chi connectivity index (χ0v) is 13.5. The fourth-order valence-electron chi connectivity index (χ4n) is 2.62. The lowest BCUT2D eigenvalue weighted by Gasteiger charge is -2.31. The predicted octanol–water partition coefficient (Wildman–Crippen LogP) is 2.42. The summed E-state index contributed by atoms with van der Waals surface area (Å²) in [6, 6.07) is 7.07. The molecule has 0 heterocycles. The smallest absolute Gasteiger partial charge is 0.243 e. The van der Waals surface area contributed by atoms with E-state index in [9.17, 15) is 8.42 Å². The first-order valence-corrected chi connectivity index (χ1v) is 9.22. The standard InChI is InChI=1S/C16H25NO3S/c1-2-17(13-15-5-3-6-15)21(19,20)16-10-8-14(9-11-16)7-4-12-18/h8-11,15,18H,2-7,12-13H2,1H3. The number of aryl methyl sites for hydroxylation is 1. The van der Waals surface area contributed by atoms with Crippen molar-refractivity contribution in [3.63, 3.8) is 0 Å². The molecule has 0 saturated heterocycles. The van der Waals surface area contributed by atoms with Crippen molar-refractivity contribution in [2.24, 2.45) is 5.92 Å². The molecule has 0 spiro atoms. The molecule has 1 aromatic rings. The third-order valence-corrected chi connectivity index (χ3v) is 6.18. The van der Waals surface area contributed by atoms with Crippen molar-refractivity contribution in [2.45, 2.75) is 43.9 Å². The molecule has 5 heteroatoms. The Kier molecular flexibility index (Phi) is 5.79. The SMILES string of the molecule is CCN(CC1CCC1)S(=O)(=O)c1ccc(CCCO)cc1. The van der Waals surface area contributed by atoms with Gasteiger partial charge in [-0.1, -0.05) is 25.5 Å². The molecule has 0 aromatic heterocycles. The van der Waals surface area contributed by atoms with E-state index in [4.69, 9.17) is 5.11 Å². The van der Waals surface area contributed by atoms with Crippen LogP contribution in [0.5, 0.6) is 0 Å². The Morgan fingerprint density at radius 2 is 1.90 bits per heavy atom. The van der Waals surface area contributed by atoms with Crippen LogP contribution >= 0.6 is 0 Å². The third-order valence-electron chi connectivity index (χ3n) is 4.22. The zero-order valence-electron chi connectivity index (χ0n) is 12.7. The van der Waals surface area contributed by atoms with E-state index in [1.165, 1.54) is 6.42 Å². The lowest BCUT2D eigenvalue weighted by atomic mass is 9.85. The molecule has 0 bridgehead atoms. The van der Waals surface area contributed by atoms with E-state index in [2.05, 4.69) is 0 Å². The minimum absolute atomic E-state index is 0.158. The monoisotopic (exact) mass is 311 g/mol. The number of hydrogen-bond donors (Lipinski definition) is 1. The highest BCUT2D eigenvalue weighted by Gasteiger charge is 2.28. The van der Waals surface area contributed by atoms with Gasteiger partial charge in [-0.15, -0.1) is 0 Å². The Labute approximate surface area is 127 Å². The number of rotatable bonds is 8. The second kappa shape index (κ2) is 7.38. The minimum atomic E-state index is -3.38. The van der Waals surface area contributed by atoms with Gasteiger partial charge < -0.3 is 5.11 Å². The summed E-state index contributed by atoms with van der Waals surface area (Å²) < 4.78 is 26.9. The van der Waals surface area contributed by atoms with Crippen LogP contribution in [0.1, 0.15) is 38.2 Å². The number of benzene rings is 1. The van der Waals surface area contributed by atoms with Gasteiger partial charge in [0, 0.05) is 19.7 Å². The van der Waals surface area contributed by atoms with Crippen LogP contribution in [0.15, 0.2) is 29.2 Å². The van der Waals surface area contributed by atoms with E-state index in [0.29, 0.717) is 30.3 Å². The van der Waals surface area contributed by atoms with Gasteiger partial charge in [-0.2, -0.15) is 4.31 Å². The van der Waals surface area contributed by atoms with E-state index in [1.807, 2.05) is 19.1 Å². The van der Waals surface area contributed by atoms with Crippen LogP contribution in [0.4, 0.5) is 0 Å². The van der Waals surface area contributed by atoms with E-state index in [1.54, 1.807) is 16.4 Å². The van der Waals surface area contributed by atoms with Crippen LogP contribution < -0.4 is 0 Å². The van der Waals surface area contributed by atoms with E-state index in [0.717, 1.165) is 24.8 Å². The Hall–Kier alpha value is -0.910. The van der Waals surface area contributed by atoms with Crippen LogP contribution in [0, 0.1) is 5.92 Å². The maximum absolute atomic E-state index is 12.7. The van der Waals surface area contributed by atoms with Crippen LogP contribution in [-0.4, -0.2) is 37.5 Å². The van der Waals surface area contributed by atoms with E-state index in [-0.39, 0.29) is 6.61 Å². The first-order valence-electron chi connectivity index (χ1n) is 7.78. The van der Waals surface area contributed by atoms with Gasteiger partial charge in [0.1, 0.15) is 0 Å². The van der Waals surface area contributed by atoms with Gasteiger partial charge in [0.25, 0.3) is 0 Å². The zero-order chi connectivity index (χ0) is 15.3. The molecule has 1 aliphatic carbocycles. The van der Waals surface area contributed by atoms with Crippen LogP contribution in [0.25, 0.3) is 0 Å². The van der Waals surface area contributed by atoms with Gasteiger partial charge in [-0.05, 0) is 49.3 Å². The molecular weight excluding hydrogens is 286 g/mol. The highest BCUT2D eigenvalue weighted by molar-refractivity contribution is 7.89. The van der Waals surface area contributed by atoms with Crippen molar-refractivity contribution < 1.29 is 13.5 Å². The van der Waals surface area contributed by atoms with Gasteiger partial charge in [0.05, 0.1) is 4.90 Å². The molecule has 1 saturated carbocycles. The molecular formula is C16H25NO3S. The average Bonchev–Trinajstić information content (AvgIpc) is 2.44. The first kappa shape index (κ1) is 16.5. The van der Waals surface area contributed by atoms with Gasteiger partial charge in [0.15, 0.2) is 0 Å². The largest absolute Gasteiger partial charge is 0.396 e. The van der Waals surface area contributed by atoms with Crippen LogP contribution in [-0.2, 0) is 16.4 Å². The Bertz CT molecular complexity index is 535. The van der Waals surface area contributed by atoms with Crippen molar-refractivity contribution in [1.82, 2.24) is 4.31 Å². The molecule has 118 valence electrons. The Morgan fingerprint density at radius 3 is 2.38 bits per heavy atom. The van der Waals surface area contributed by atoms with Gasteiger partial charge in [0.2, 0.25) is 10.0 Å². The molecule has 1 aromatic carbocycles. The predicted molar refractivity (Wildman–Crippen MR) is 83.6 cm³/mol.